The molecule has 0 aliphatic carbocycles. The normalized spacial score (nSPS) is 11.1. The summed E-state index contributed by atoms with van der Waals surface area (Å²) in [5.41, 5.74) is 0. The van der Waals surface area contributed by atoms with Crippen molar-refractivity contribution < 1.29 is 0 Å². The molecule has 0 aliphatic heterocycles. The molecule has 1 rings (SSSR count). The molecule has 0 saturated carbocycles. The van der Waals surface area contributed by atoms with Gasteiger partial charge in [0, 0.05) is 21.3 Å². The standard InChI is InChI=1S/C11H18BrNS/c1-3-9(4-2)6-13-7-11-5-10(12)8-14-11/h5,8-9,13H,3-4,6-7H2,1-2H3. The summed E-state index contributed by atoms with van der Waals surface area (Å²) in [6, 6.07) is 2.19. The van der Waals surface area contributed by atoms with Crippen molar-refractivity contribution in [3.05, 3.63) is 20.8 Å². The third-order valence-electron chi connectivity index (χ3n) is 2.51. The smallest absolute Gasteiger partial charge is 0.0300 e. The first-order chi connectivity index (χ1) is 6.76. The zero-order valence-electron chi connectivity index (χ0n) is 8.85. The van der Waals surface area contributed by atoms with Crippen molar-refractivity contribution >= 4 is 27.3 Å². The Morgan fingerprint density at radius 1 is 1.43 bits per heavy atom. The minimum Gasteiger partial charge on any atom is -0.312 e. The van der Waals surface area contributed by atoms with E-state index >= 15 is 0 Å². The first-order valence-corrected chi connectivity index (χ1v) is 6.87. The minimum atomic E-state index is 0.832. The van der Waals surface area contributed by atoms with Gasteiger partial charge < -0.3 is 5.32 Å². The first-order valence-electron chi connectivity index (χ1n) is 5.19. The number of halogens is 1. The van der Waals surface area contributed by atoms with Crippen molar-refractivity contribution in [3.63, 3.8) is 0 Å². The van der Waals surface area contributed by atoms with Gasteiger partial charge in [-0.1, -0.05) is 26.7 Å². The van der Waals surface area contributed by atoms with Crippen LogP contribution in [0.5, 0.6) is 0 Å². The molecule has 1 heterocycles. The molecule has 0 saturated heterocycles. The number of hydrogen-bond donors (Lipinski definition) is 1. The summed E-state index contributed by atoms with van der Waals surface area (Å²) >= 11 is 5.27. The average molecular weight is 276 g/mol. The molecule has 14 heavy (non-hydrogen) atoms. The lowest BCUT2D eigenvalue weighted by molar-refractivity contribution is 0.450. The maximum atomic E-state index is 3.51. The van der Waals surface area contributed by atoms with Gasteiger partial charge in [0.1, 0.15) is 0 Å². The second kappa shape index (κ2) is 6.59. The summed E-state index contributed by atoms with van der Waals surface area (Å²) < 4.78 is 1.20. The molecule has 80 valence electrons. The molecule has 0 aliphatic rings. The number of thiophene rings is 1. The van der Waals surface area contributed by atoms with Crippen molar-refractivity contribution in [2.45, 2.75) is 33.2 Å². The topological polar surface area (TPSA) is 12.0 Å². The van der Waals surface area contributed by atoms with Crippen LogP contribution in [0.1, 0.15) is 31.6 Å². The van der Waals surface area contributed by atoms with E-state index in [-0.39, 0.29) is 0 Å². The SMILES string of the molecule is CCC(CC)CNCc1cc(Br)cs1. The number of hydrogen-bond acceptors (Lipinski definition) is 2. The molecule has 3 heteroatoms. The fraction of sp³-hybridized carbons (Fsp3) is 0.636. The van der Waals surface area contributed by atoms with Crippen LogP contribution in [0.3, 0.4) is 0 Å². The molecule has 0 amide bonds. The molecular weight excluding hydrogens is 258 g/mol. The van der Waals surface area contributed by atoms with E-state index in [0.717, 1.165) is 19.0 Å². The number of rotatable bonds is 6. The largest absolute Gasteiger partial charge is 0.312 e. The zero-order chi connectivity index (χ0) is 10.4. The highest BCUT2D eigenvalue weighted by Gasteiger charge is 2.03. The van der Waals surface area contributed by atoms with E-state index in [2.05, 4.69) is 46.5 Å². The van der Waals surface area contributed by atoms with Gasteiger partial charge in [-0.05, 0) is 34.5 Å². The van der Waals surface area contributed by atoms with Crippen molar-refractivity contribution in [1.82, 2.24) is 5.32 Å². The van der Waals surface area contributed by atoms with Crippen LogP contribution in [0.4, 0.5) is 0 Å². The lowest BCUT2D eigenvalue weighted by Gasteiger charge is -2.12. The zero-order valence-corrected chi connectivity index (χ0v) is 11.2. The molecule has 0 aromatic carbocycles. The highest BCUT2D eigenvalue weighted by molar-refractivity contribution is 9.10. The highest BCUT2D eigenvalue weighted by atomic mass is 79.9. The third kappa shape index (κ3) is 4.11. The maximum absolute atomic E-state index is 3.51. The summed E-state index contributed by atoms with van der Waals surface area (Å²) in [4.78, 5) is 1.41. The van der Waals surface area contributed by atoms with Gasteiger partial charge in [-0.3, -0.25) is 0 Å². The first kappa shape index (κ1) is 12.2. The van der Waals surface area contributed by atoms with Gasteiger partial charge in [0.2, 0.25) is 0 Å². The highest BCUT2D eigenvalue weighted by Crippen LogP contribution is 2.19. The van der Waals surface area contributed by atoms with E-state index in [4.69, 9.17) is 0 Å². The van der Waals surface area contributed by atoms with Crippen molar-refractivity contribution in [2.75, 3.05) is 6.54 Å². The minimum absolute atomic E-state index is 0.832. The second-order valence-corrected chi connectivity index (χ2v) is 5.46. The molecule has 0 spiro atoms. The van der Waals surface area contributed by atoms with Crippen LogP contribution in [-0.4, -0.2) is 6.54 Å². The molecule has 1 aromatic rings. The van der Waals surface area contributed by atoms with Gasteiger partial charge in [-0.2, -0.15) is 0 Å². The van der Waals surface area contributed by atoms with E-state index in [1.807, 2.05) is 11.3 Å². The molecule has 0 unspecified atom stereocenters. The fourth-order valence-electron chi connectivity index (χ4n) is 1.42. The Morgan fingerprint density at radius 3 is 2.64 bits per heavy atom. The Balaban J connectivity index is 2.21. The van der Waals surface area contributed by atoms with Gasteiger partial charge in [0.15, 0.2) is 0 Å². The molecule has 1 aromatic heterocycles. The Morgan fingerprint density at radius 2 is 2.14 bits per heavy atom. The average Bonchev–Trinajstić information content (AvgIpc) is 2.59. The molecule has 1 nitrogen and oxygen atoms in total. The quantitative estimate of drug-likeness (QED) is 0.827. The summed E-state index contributed by atoms with van der Waals surface area (Å²) in [6.45, 7) is 6.67. The van der Waals surface area contributed by atoms with Crippen LogP contribution in [0.15, 0.2) is 15.9 Å². The van der Waals surface area contributed by atoms with Crippen LogP contribution in [0.25, 0.3) is 0 Å². The van der Waals surface area contributed by atoms with Crippen LogP contribution in [0, 0.1) is 5.92 Å². The van der Waals surface area contributed by atoms with Crippen LogP contribution in [-0.2, 0) is 6.54 Å². The van der Waals surface area contributed by atoms with E-state index in [9.17, 15) is 0 Å². The van der Waals surface area contributed by atoms with E-state index < -0.39 is 0 Å². The second-order valence-electron chi connectivity index (χ2n) is 3.54. The molecule has 0 fully saturated rings. The Hall–Kier alpha value is 0.140. The summed E-state index contributed by atoms with van der Waals surface area (Å²) in [5.74, 6) is 0.832. The van der Waals surface area contributed by atoms with E-state index in [1.54, 1.807) is 0 Å². The molecule has 0 atom stereocenters. The van der Waals surface area contributed by atoms with Crippen LogP contribution in [0.2, 0.25) is 0 Å². The maximum Gasteiger partial charge on any atom is 0.0300 e. The predicted molar refractivity (Wildman–Crippen MR) is 67.8 cm³/mol. The summed E-state index contributed by atoms with van der Waals surface area (Å²) in [5, 5.41) is 5.64. The predicted octanol–water partition coefficient (Wildman–Crippen LogP) is 4.04. The van der Waals surface area contributed by atoms with Gasteiger partial charge in [0.05, 0.1) is 0 Å². The molecule has 0 bridgehead atoms. The monoisotopic (exact) mass is 275 g/mol. The van der Waals surface area contributed by atoms with Gasteiger partial charge in [-0.25, -0.2) is 0 Å². The van der Waals surface area contributed by atoms with Crippen LogP contribution < -0.4 is 5.32 Å². The third-order valence-corrected chi connectivity index (χ3v) is 4.21. The Labute approximate surface area is 99.0 Å². The van der Waals surface area contributed by atoms with Gasteiger partial charge >= 0.3 is 0 Å². The van der Waals surface area contributed by atoms with Crippen molar-refractivity contribution in [1.29, 1.82) is 0 Å². The van der Waals surface area contributed by atoms with E-state index in [1.165, 1.54) is 22.2 Å². The lowest BCUT2D eigenvalue weighted by Crippen LogP contribution is -2.21. The summed E-state index contributed by atoms with van der Waals surface area (Å²) in [7, 11) is 0. The Bertz CT molecular complexity index is 256. The van der Waals surface area contributed by atoms with Gasteiger partial charge in [0.25, 0.3) is 0 Å². The molecular formula is C11H18BrNS. The number of nitrogens with one attached hydrogen (secondary N) is 1. The molecule has 1 N–H and O–H groups in total. The van der Waals surface area contributed by atoms with E-state index in [0.29, 0.717) is 0 Å². The Kier molecular flexibility index (Phi) is 5.75. The van der Waals surface area contributed by atoms with Crippen LogP contribution >= 0.6 is 27.3 Å². The van der Waals surface area contributed by atoms with Crippen molar-refractivity contribution in [3.8, 4) is 0 Å². The lowest BCUT2D eigenvalue weighted by atomic mass is 10.0. The fourth-order valence-corrected chi connectivity index (χ4v) is 2.84. The summed E-state index contributed by atoms with van der Waals surface area (Å²) in [6.07, 6.45) is 2.55. The van der Waals surface area contributed by atoms with Gasteiger partial charge in [-0.15, -0.1) is 11.3 Å². The molecule has 0 radical (unpaired) electrons. The van der Waals surface area contributed by atoms with Crippen molar-refractivity contribution in [2.24, 2.45) is 5.92 Å².